The minimum absolute atomic E-state index is 0.0913. The van der Waals surface area contributed by atoms with Gasteiger partial charge in [-0.15, -0.1) is 0 Å². The van der Waals surface area contributed by atoms with E-state index < -0.39 is 5.82 Å². The average molecular weight is 493 g/mol. The van der Waals surface area contributed by atoms with Crippen molar-refractivity contribution in [1.82, 2.24) is 35.1 Å². The predicted molar refractivity (Wildman–Crippen MR) is 139 cm³/mol. The van der Waals surface area contributed by atoms with E-state index >= 15 is 4.39 Å². The summed E-state index contributed by atoms with van der Waals surface area (Å²) in [6.45, 7) is 3.58. The third kappa shape index (κ3) is 3.98. The fraction of sp³-hybridized carbons (Fsp3) is 0.111. The first kappa shape index (κ1) is 22.5. The van der Waals surface area contributed by atoms with Gasteiger partial charge in [0.25, 0.3) is 0 Å². The van der Waals surface area contributed by atoms with Crippen molar-refractivity contribution in [3.63, 3.8) is 0 Å². The standard InChI is InChI=1S/C27H21FN8O/c1-14(2)27(37)32-16-10-15(11-29-12-16)23-22(28)21-20(13-31-23)35-36-25(21)26-33-19-8-5-6-17(24(19)34-26)18-7-3-4-9-30-18/h3-14H,1-2H3,(H,32,37)(H,33,34)(H,35,36). The van der Waals surface area contributed by atoms with E-state index in [1.165, 1.54) is 18.6 Å². The van der Waals surface area contributed by atoms with E-state index in [1.54, 1.807) is 26.1 Å². The number of carbonyl (C=O) groups is 1. The SMILES string of the molecule is CC(C)C(=O)Nc1cncc(-c2ncc3[nH]nc(-c4nc5c(-c6ccccn6)cccc5[nH]4)c3c2F)c1. The number of benzene rings is 1. The van der Waals surface area contributed by atoms with E-state index in [0.717, 1.165) is 16.8 Å². The van der Waals surface area contributed by atoms with Crippen molar-refractivity contribution in [3.8, 4) is 34.0 Å². The monoisotopic (exact) mass is 492 g/mol. The van der Waals surface area contributed by atoms with Crippen LogP contribution in [0.5, 0.6) is 0 Å². The second-order valence-electron chi connectivity index (χ2n) is 8.89. The van der Waals surface area contributed by atoms with Crippen LogP contribution >= 0.6 is 0 Å². The number of H-pyrrole nitrogens is 2. The van der Waals surface area contributed by atoms with Crippen LogP contribution in [-0.2, 0) is 4.79 Å². The number of imidazole rings is 1. The third-order valence-electron chi connectivity index (χ3n) is 6.03. The highest BCUT2D eigenvalue weighted by Crippen LogP contribution is 2.34. The molecule has 0 radical (unpaired) electrons. The van der Waals surface area contributed by atoms with Gasteiger partial charge < -0.3 is 10.3 Å². The molecule has 0 aliphatic heterocycles. The van der Waals surface area contributed by atoms with Crippen molar-refractivity contribution in [3.05, 3.63) is 73.1 Å². The lowest BCUT2D eigenvalue weighted by Crippen LogP contribution is -2.17. The van der Waals surface area contributed by atoms with Gasteiger partial charge in [0.15, 0.2) is 11.6 Å². The van der Waals surface area contributed by atoms with E-state index in [1.807, 2.05) is 36.4 Å². The molecule has 9 nitrogen and oxygen atoms in total. The smallest absolute Gasteiger partial charge is 0.226 e. The van der Waals surface area contributed by atoms with Crippen LogP contribution in [0.15, 0.2) is 67.3 Å². The molecule has 3 N–H and O–H groups in total. The van der Waals surface area contributed by atoms with Gasteiger partial charge in [-0.3, -0.25) is 24.8 Å². The number of anilines is 1. The number of halogens is 1. The Morgan fingerprint density at radius 3 is 2.70 bits per heavy atom. The summed E-state index contributed by atoms with van der Waals surface area (Å²) in [4.78, 5) is 33.0. The van der Waals surface area contributed by atoms with E-state index in [9.17, 15) is 4.79 Å². The van der Waals surface area contributed by atoms with Crippen molar-refractivity contribution in [2.45, 2.75) is 13.8 Å². The van der Waals surface area contributed by atoms with Gasteiger partial charge in [0, 0.05) is 29.4 Å². The van der Waals surface area contributed by atoms with Crippen molar-refractivity contribution >= 4 is 33.5 Å². The van der Waals surface area contributed by atoms with Crippen LogP contribution in [-0.4, -0.2) is 41.0 Å². The van der Waals surface area contributed by atoms with Gasteiger partial charge >= 0.3 is 0 Å². The van der Waals surface area contributed by atoms with E-state index in [4.69, 9.17) is 4.98 Å². The van der Waals surface area contributed by atoms with Crippen LogP contribution in [0.25, 0.3) is 56.0 Å². The van der Waals surface area contributed by atoms with Gasteiger partial charge in [-0.2, -0.15) is 5.10 Å². The van der Waals surface area contributed by atoms with E-state index in [0.29, 0.717) is 33.8 Å². The molecule has 0 fully saturated rings. The molecule has 0 saturated heterocycles. The number of pyridine rings is 3. The lowest BCUT2D eigenvalue weighted by molar-refractivity contribution is -0.118. The van der Waals surface area contributed by atoms with E-state index in [2.05, 4.69) is 35.5 Å². The molecule has 182 valence electrons. The number of rotatable bonds is 5. The Kier molecular flexibility index (Phi) is 5.41. The Balaban J connectivity index is 1.45. The highest BCUT2D eigenvalue weighted by atomic mass is 19.1. The Labute approximate surface area is 210 Å². The van der Waals surface area contributed by atoms with Crippen LogP contribution in [0.3, 0.4) is 0 Å². The van der Waals surface area contributed by atoms with Crippen LogP contribution in [0.4, 0.5) is 10.1 Å². The topological polar surface area (TPSA) is 125 Å². The van der Waals surface area contributed by atoms with Crippen molar-refractivity contribution in [2.24, 2.45) is 5.92 Å². The highest BCUT2D eigenvalue weighted by molar-refractivity contribution is 5.98. The van der Waals surface area contributed by atoms with Gasteiger partial charge in [0.05, 0.1) is 45.7 Å². The van der Waals surface area contributed by atoms with Gasteiger partial charge in [0.1, 0.15) is 11.4 Å². The molecule has 0 aliphatic carbocycles. The number of aromatic amines is 2. The van der Waals surface area contributed by atoms with Crippen molar-refractivity contribution < 1.29 is 9.18 Å². The normalized spacial score (nSPS) is 11.5. The fourth-order valence-electron chi connectivity index (χ4n) is 4.15. The largest absolute Gasteiger partial charge is 0.337 e. The molecule has 1 amide bonds. The van der Waals surface area contributed by atoms with Gasteiger partial charge in [0.2, 0.25) is 5.91 Å². The van der Waals surface area contributed by atoms with Gasteiger partial charge in [-0.25, -0.2) is 9.37 Å². The van der Waals surface area contributed by atoms with Crippen molar-refractivity contribution in [2.75, 3.05) is 5.32 Å². The minimum Gasteiger partial charge on any atom is -0.337 e. The van der Waals surface area contributed by atoms with Crippen LogP contribution < -0.4 is 5.32 Å². The number of carbonyl (C=O) groups excluding carboxylic acids is 1. The molecule has 10 heteroatoms. The summed E-state index contributed by atoms with van der Waals surface area (Å²) >= 11 is 0. The molecule has 5 heterocycles. The summed E-state index contributed by atoms with van der Waals surface area (Å²) in [6, 6.07) is 13.1. The summed E-state index contributed by atoms with van der Waals surface area (Å²) in [5.74, 6) is -0.516. The maximum atomic E-state index is 16.0. The summed E-state index contributed by atoms with van der Waals surface area (Å²) in [5.41, 5.74) is 4.87. The summed E-state index contributed by atoms with van der Waals surface area (Å²) in [7, 11) is 0. The Morgan fingerprint density at radius 1 is 1.00 bits per heavy atom. The average Bonchev–Trinajstić information content (AvgIpc) is 3.54. The summed E-state index contributed by atoms with van der Waals surface area (Å²) in [5, 5.41) is 10.2. The van der Waals surface area contributed by atoms with Crippen LogP contribution in [0, 0.1) is 11.7 Å². The molecule has 0 atom stereocenters. The molecule has 0 aliphatic rings. The maximum Gasteiger partial charge on any atom is 0.226 e. The Hall–Kier alpha value is -4.99. The molecule has 1 aromatic carbocycles. The van der Waals surface area contributed by atoms with E-state index in [-0.39, 0.29) is 22.9 Å². The first-order chi connectivity index (χ1) is 18.0. The summed E-state index contributed by atoms with van der Waals surface area (Å²) in [6.07, 6.45) is 6.26. The van der Waals surface area contributed by atoms with Crippen molar-refractivity contribution in [1.29, 1.82) is 0 Å². The number of fused-ring (bicyclic) bond motifs is 2. The van der Waals surface area contributed by atoms with Gasteiger partial charge in [-0.1, -0.05) is 32.0 Å². The molecular formula is C27H21FN8O. The number of aromatic nitrogens is 7. The minimum atomic E-state index is -0.569. The number of nitrogens with zero attached hydrogens (tertiary/aromatic N) is 5. The third-order valence-corrected chi connectivity index (χ3v) is 6.03. The first-order valence-corrected chi connectivity index (χ1v) is 11.7. The zero-order chi connectivity index (χ0) is 25.5. The Bertz CT molecular complexity index is 1770. The summed E-state index contributed by atoms with van der Waals surface area (Å²) < 4.78 is 16.0. The quantitative estimate of drug-likeness (QED) is 0.298. The maximum absolute atomic E-state index is 16.0. The van der Waals surface area contributed by atoms with Crippen LogP contribution in [0.2, 0.25) is 0 Å². The molecule has 0 unspecified atom stereocenters. The molecule has 6 aromatic rings. The fourth-order valence-corrected chi connectivity index (χ4v) is 4.15. The lowest BCUT2D eigenvalue weighted by Gasteiger charge is -2.09. The number of amides is 1. The number of para-hydroxylation sites is 1. The zero-order valence-electron chi connectivity index (χ0n) is 20.0. The van der Waals surface area contributed by atoms with Crippen LogP contribution in [0.1, 0.15) is 13.8 Å². The molecule has 0 bridgehead atoms. The molecule has 0 saturated carbocycles. The predicted octanol–water partition coefficient (Wildman–Crippen LogP) is 5.36. The molecule has 0 spiro atoms. The second kappa shape index (κ2) is 8.90. The second-order valence-corrected chi connectivity index (χ2v) is 8.89. The van der Waals surface area contributed by atoms with Gasteiger partial charge in [-0.05, 0) is 24.3 Å². The molecule has 5 aromatic heterocycles. The zero-order valence-corrected chi connectivity index (χ0v) is 20.0. The Morgan fingerprint density at radius 2 is 1.89 bits per heavy atom. The molecular weight excluding hydrogens is 471 g/mol. The molecule has 37 heavy (non-hydrogen) atoms. The lowest BCUT2D eigenvalue weighted by atomic mass is 10.1. The number of hydrogen-bond acceptors (Lipinski definition) is 6. The molecule has 6 rings (SSSR count). The first-order valence-electron chi connectivity index (χ1n) is 11.7. The highest BCUT2D eigenvalue weighted by Gasteiger charge is 2.21. The number of hydrogen-bond donors (Lipinski definition) is 3. The number of nitrogens with one attached hydrogen (secondary N) is 3.